The third-order valence-corrected chi connectivity index (χ3v) is 4.07. The second-order valence-corrected chi connectivity index (χ2v) is 5.82. The molecule has 4 heteroatoms. The Balaban J connectivity index is 1.91. The Kier molecular flexibility index (Phi) is 5.02. The van der Waals surface area contributed by atoms with Gasteiger partial charge in [-0.2, -0.15) is 0 Å². The first-order valence-electron chi connectivity index (χ1n) is 7.30. The van der Waals surface area contributed by atoms with Crippen molar-refractivity contribution in [2.45, 2.75) is 44.3 Å². The van der Waals surface area contributed by atoms with Crippen molar-refractivity contribution in [2.24, 2.45) is 0 Å². The van der Waals surface area contributed by atoms with E-state index in [2.05, 4.69) is 5.32 Å². The van der Waals surface area contributed by atoms with E-state index in [1.54, 1.807) is 7.11 Å². The number of aryl methyl sites for hydroxylation is 1. The molecule has 112 valence electrons. The van der Waals surface area contributed by atoms with Crippen molar-refractivity contribution in [3.63, 3.8) is 0 Å². The van der Waals surface area contributed by atoms with Crippen molar-refractivity contribution in [3.8, 4) is 5.75 Å². The van der Waals surface area contributed by atoms with Gasteiger partial charge in [0.15, 0.2) is 0 Å². The first-order valence-corrected chi connectivity index (χ1v) is 7.30. The normalized spacial score (nSPS) is 19.0. The number of aliphatic hydroxyl groups excluding tert-OH is 1. The van der Waals surface area contributed by atoms with Crippen molar-refractivity contribution in [2.75, 3.05) is 20.2 Å². The monoisotopic (exact) mass is 279 g/mol. The molecule has 1 aromatic rings. The predicted octanol–water partition coefficient (Wildman–Crippen LogP) is 1.93. The zero-order valence-corrected chi connectivity index (χ0v) is 12.4. The summed E-state index contributed by atoms with van der Waals surface area (Å²) >= 11 is 0. The molecule has 0 radical (unpaired) electrons. The molecule has 4 nitrogen and oxygen atoms in total. The zero-order valence-electron chi connectivity index (χ0n) is 12.4. The van der Waals surface area contributed by atoms with E-state index in [1.807, 2.05) is 25.1 Å². The molecule has 1 aromatic carbocycles. The van der Waals surface area contributed by atoms with Crippen LogP contribution in [-0.4, -0.2) is 36.0 Å². The zero-order chi connectivity index (χ0) is 14.6. The van der Waals surface area contributed by atoms with E-state index in [4.69, 9.17) is 4.74 Å². The Hall–Kier alpha value is -1.10. The summed E-state index contributed by atoms with van der Waals surface area (Å²) in [7, 11) is 1.61. The lowest BCUT2D eigenvalue weighted by Gasteiger charge is -2.24. The molecule has 1 atom stereocenters. The highest BCUT2D eigenvalue weighted by atomic mass is 16.5. The van der Waals surface area contributed by atoms with Crippen LogP contribution >= 0.6 is 0 Å². The average molecular weight is 279 g/mol. The molecule has 3 N–H and O–H groups in total. The summed E-state index contributed by atoms with van der Waals surface area (Å²) in [6.07, 6.45) is 3.25. The summed E-state index contributed by atoms with van der Waals surface area (Å²) in [5.74, 6) is 0.699. The Bertz CT molecular complexity index is 441. The van der Waals surface area contributed by atoms with Crippen LogP contribution in [0.3, 0.4) is 0 Å². The lowest BCUT2D eigenvalue weighted by molar-refractivity contribution is 0.0438. The van der Waals surface area contributed by atoms with E-state index in [0.717, 1.165) is 36.8 Å². The predicted molar refractivity (Wildman–Crippen MR) is 79.0 cm³/mol. The summed E-state index contributed by atoms with van der Waals surface area (Å²) in [5.41, 5.74) is 1.30. The standard InChI is InChI=1S/C16H25NO3/c1-12-5-6-15(20-2)13(9-12)14(18)10-17-11-16(19)7-3-4-8-16/h5-6,9,14,17-19H,3-4,7-8,10-11H2,1-2H3. The van der Waals surface area contributed by atoms with Crippen LogP contribution in [0, 0.1) is 6.92 Å². The fourth-order valence-corrected chi connectivity index (χ4v) is 2.88. The average Bonchev–Trinajstić information content (AvgIpc) is 2.85. The fourth-order valence-electron chi connectivity index (χ4n) is 2.88. The Morgan fingerprint density at radius 1 is 1.35 bits per heavy atom. The molecule has 1 aliphatic rings. The van der Waals surface area contributed by atoms with Gasteiger partial charge < -0.3 is 20.3 Å². The number of aliphatic hydroxyl groups is 2. The molecule has 1 unspecified atom stereocenters. The van der Waals surface area contributed by atoms with Crippen LogP contribution in [0.15, 0.2) is 18.2 Å². The molecule has 0 saturated heterocycles. The quantitative estimate of drug-likeness (QED) is 0.744. The highest BCUT2D eigenvalue weighted by Gasteiger charge is 2.30. The van der Waals surface area contributed by atoms with Gasteiger partial charge in [0.2, 0.25) is 0 Å². The lowest BCUT2D eigenvalue weighted by Crippen LogP contribution is -2.39. The molecule has 2 rings (SSSR count). The van der Waals surface area contributed by atoms with Gasteiger partial charge in [0.05, 0.1) is 18.8 Å². The van der Waals surface area contributed by atoms with Gasteiger partial charge in [0, 0.05) is 18.7 Å². The van der Waals surface area contributed by atoms with Gasteiger partial charge in [-0.25, -0.2) is 0 Å². The van der Waals surface area contributed by atoms with Crippen LogP contribution in [0.4, 0.5) is 0 Å². The number of methoxy groups -OCH3 is 1. The number of ether oxygens (including phenoxy) is 1. The van der Waals surface area contributed by atoms with Gasteiger partial charge >= 0.3 is 0 Å². The van der Waals surface area contributed by atoms with E-state index in [0.29, 0.717) is 18.8 Å². The fraction of sp³-hybridized carbons (Fsp3) is 0.625. The summed E-state index contributed by atoms with van der Waals surface area (Å²) < 4.78 is 5.28. The van der Waals surface area contributed by atoms with Gasteiger partial charge in [0.25, 0.3) is 0 Å². The molecule has 0 aliphatic heterocycles. The summed E-state index contributed by atoms with van der Waals surface area (Å²) in [6.45, 7) is 2.95. The minimum absolute atomic E-state index is 0.419. The Labute approximate surface area is 120 Å². The van der Waals surface area contributed by atoms with Gasteiger partial charge in [-0.15, -0.1) is 0 Å². The third kappa shape index (κ3) is 3.72. The minimum atomic E-state index is -0.630. The molecular weight excluding hydrogens is 254 g/mol. The van der Waals surface area contributed by atoms with Crippen molar-refractivity contribution in [3.05, 3.63) is 29.3 Å². The van der Waals surface area contributed by atoms with Gasteiger partial charge in [0.1, 0.15) is 5.75 Å². The second-order valence-electron chi connectivity index (χ2n) is 5.82. The molecule has 1 saturated carbocycles. The highest BCUT2D eigenvalue weighted by Crippen LogP contribution is 2.29. The number of hydrogen-bond donors (Lipinski definition) is 3. The largest absolute Gasteiger partial charge is 0.496 e. The van der Waals surface area contributed by atoms with Crippen LogP contribution in [0.1, 0.15) is 42.9 Å². The lowest BCUT2D eigenvalue weighted by atomic mass is 10.0. The van der Waals surface area contributed by atoms with Crippen LogP contribution < -0.4 is 10.1 Å². The van der Waals surface area contributed by atoms with E-state index in [-0.39, 0.29) is 0 Å². The van der Waals surface area contributed by atoms with Crippen molar-refractivity contribution in [1.82, 2.24) is 5.32 Å². The van der Waals surface area contributed by atoms with Gasteiger partial charge in [-0.1, -0.05) is 24.5 Å². The molecule has 20 heavy (non-hydrogen) atoms. The van der Waals surface area contributed by atoms with Crippen LogP contribution in [0.25, 0.3) is 0 Å². The van der Waals surface area contributed by atoms with Crippen molar-refractivity contribution < 1.29 is 14.9 Å². The molecule has 0 amide bonds. The van der Waals surface area contributed by atoms with Crippen LogP contribution in [0.2, 0.25) is 0 Å². The maximum absolute atomic E-state index is 10.3. The number of rotatable bonds is 6. The molecule has 1 fully saturated rings. The smallest absolute Gasteiger partial charge is 0.124 e. The Morgan fingerprint density at radius 2 is 2.05 bits per heavy atom. The molecular formula is C16H25NO3. The second kappa shape index (κ2) is 6.57. The summed E-state index contributed by atoms with van der Waals surface area (Å²) in [6, 6.07) is 5.78. The SMILES string of the molecule is COc1ccc(C)cc1C(O)CNCC1(O)CCCC1. The highest BCUT2D eigenvalue weighted by molar-refractivity contribution is 5.38. The number of nitrogens with one attached hydrogen (secondary N) is 1. The summed E-state index contributed by atoms with van der Waals surface area (Å²) in [5, 5.41) is 23.7. The van der Waals surface area contributed by atoms with Crippen molar-refractivity contribution >= 4 is 0 Å². The van der Waals surface area contributed by atoms with E-state index < -0.39 is 11.7 Å². The van der Waals surface area contributed by atoms with E-state index in [9.17, 15) is 10.2 Å². The molecule has 0 heterocycles. The molecule has 0 aromatic heterocycles. The van der Waals surface area contributed by atoms with Crippen LogP contribution in [-0.2, 0) is 0 Å². The van der Waals surface area contributed by atoms with E-state index >= 15 is 0 Å². The van der Waals surface area contributed by atoms with Gasteiger partial charge in [-0.05, 0) is 31.9 Å². The Morgan fingerprint density at radius 3 is 2.70 bits per heavy atom. The van der Waals surface area contributed by atoms with Crippen LogP contribution in [0.5, 0.6) is 5.75 Å². The maximum Gasteiger partial charge on any atom is 0.124 e. The molecule has 1 aliphatic carbocycles. The molecule has 0 bridgehead atoms. The first-order chi connectivity index (χ1) is 9.54. The third-order valence-electron chi connectivity index (χ3n) is 4.07. The maximum atomic E-state index is 10.3. The minimum Gasteiger partial charge on any atom is -0.496 e. The number of benzene rings is 1. The van der Waals surface area contributed by atoms with Gasteiger partial charge in [-0.3, -0.25) is 0 Å². The topological polar surface area (TPSA) is 61.7 Å². The first kappa shape index (κ1) is 15.3. The van der Waals surface area contributed by atoms with Crippen molar-refractivity contribution in [1.29, 1.82) is 0 Å². The molecule has 0 spiro atoms. The van der Waals surface area contributed by atoms with E-state index in [1.165, 1.54) is 0 Å². The number of hydrogen-bond acceptors (Lipinski definition) is 4. The summed E-state index contributed by atoms with van der Waals surface area (Å²) in [4.78, 5) is 0.